The van der Waals surface area contributed by atoms with Gasteiger partial charge in [0.25, 0.3) is 0 Å². The number of piperidine rings is 1. The van der Waals surface area contributed by atoms with E-state index in [-0.39, 0.29) is 18.6 Å². The Kier molecular flexibility index (Phi) is 4.52. The summed E-state index contributed by atoms with van der Waals surface area (Å²) in [6.45, 7) is 1.68. The lowest BCUT2D eigenvalue weighted by atomic mass is 10.1. The van der Waals surface area contributed by atoms with E-state index in [1.54, 1.807) is 12.1 Å². The summed E-state index contributed by atoms with van der Waals surface area (Å²) in [5.74, 6) is 0.362. The van der Waals surface area contributed by atoms with E-state index in [2.05, 4.69) is 10.3 Å². The molecule has 1 atom stereocenters. The van der Waals surface area contributed by atoms with Crippen molar-refractivity contribution in [1.29, 1.82) is 0 Å². The van der Waals surface area contributed by atoms with E-state index in [1.807, 2.05) is 4.90 Å². The molecule has 0 bridgehead atoms. The fourth-order valence-electron chi connectivity index (χ4n) is 2.01. The first-order chi connectivity index (χ1) is 8.63. The maximum Gasteiger partial charge on any atom is 0.239 e. The number of carbonyl (C=O) groups is 1. The second kappa shape index (κ2) is 6.13. The minimum atomic E-state index is -0.319. The third-order valence-corrected chi connectivity index (χ3v) is 3.07. The summed E-state index contributed by atoms with van der Waals surface area (Å²) in [4.78, 5) is 17.7. The van der Waals surface area contributed by atoms with E-state index in [4.69, 9.17) is 11.6 Å². The fourth-order valence-corrected chi connectivity index (χ4v) is 2.12. The number of carbonyl (C=O) groups excluding carboxylic acids is 1. The molecular formula is C12H16ClN3O2. The number of likely N-dealkylation sites (tertiary alicyclic amines) is 1. The average molecular weight is 270 g/mol. The first kappa shape index (κ1) is 13.3. The van der Waals surface area contributed by atoms with E-state index >= 15 is 0 Å². The van der Waals surface area contributed by atoms with Crippen molar-refractivity contribution in [3.05, 3.63) is 23.4 Å². The summed E-state index contributed by atoms with van der Waals surface area (Å²) in [6, 6.07) is 3.33. The lowest BCUT2D eigenvalue weighted by molar-refractivity contribution is -0.118. The van der Waals surface area contributed by atoms with Gasteiger partial charge in [-0.05, 0) is 31.5 Å². The number of aliphatic hydroxyl groups excluding tert-OH is 1. The number of aliphatic hydroxyl groups is 1. The molecule has 2 rings (SSSR count). The number of amides is 1. The van der Waals surface area contributed by atoms with Gasteiger partial charge in [-0.15, -0.1) is 0 Å². The van der Waals surface area contributed by atoms with Crippen LogP contribution in [0.5, 0.6) is 0 Å². The predicted molar refractivity (Wildman–Crippen MR) is 69.6 cm³/mol. The highest BCUT2D eigenvalue weighted by molar-refractivity contribution is 6.30. The Labute approximate surface area is 111 Å². The van der Waals surface area contributed by atoms with Crippen molar-refractivity contribution in [3.63, 3.8) is 0 Å². The number of pyridine rings is 1. The largest absolute Gasteiger partial charge is 0.392 e. The molecule has 5 nitrogen and oxygen atoms in total. The molecule has 18 heavy (non-hydrogen) atoms. The molecule has 0 aromatic carbocycles. The van der Waals surface area contributed by atoms with Crippen LogP contribution in [0.1, 0.15) is 12.8 Å². The molecule has 1 aliphatic rings. The summed E-state index contributed by atoms with van der Waals surface area (Å²) in [5, 5.41) is 12.7. The number of β-amino-alcohol motifs (C(OH)–C–C–N with tert-alkyl or cyclic N) is 1. The topological polar surface area (TPSA) is 65.5 Å². The molecule has 2 heterocycles. The average Bonchev–Trinajstić information content (AvgIpc) is 2.32. The molecule has 1 fully saturated rings. The molecule has 1 aromatic rings. The van der Waals surface area contributed by atoms with Crippen LogP contribution in [-0.4, -0.2) is 46.6 Å². The minimum Gasteiger partial charge on any atom is -0.392 e. The summed E-state index contributed by atoms with van der Waals surface area (Å²) in [5.41, 5.74) is 0. The Morgan fingerprint density at radius 3 is 3.11 bits per heavy atom. The van der Waals surface area contributed by atoms with Crippen molar-refractivity contribution in [2.24, 2.45) is 0 Å². The fraction of sp³-hybridized carbons (Fsp3) is 0.500. The molecule has 1 aromatic heterocycles. The van der Waals surface area contributed by atoms with Crippen LogP contribution in [0.15, 0.2) is 18.3 Å². The molecular weight excluding hydrogens is 254 g/mol. The second-order valence-electron chi connectivity index (χ2n) is 4.44. The number of anilines is 1. The molecule has 0 aliphatic carbocycles. The summed E-state index contributed by atoms with van der Waals surface area (Å²) in [6.07, 6.45) is 2.91. The number of rotatable bonds is 3. The SMILES string of the molecule is O=C(CN1CCC[C@@H](O)C1)Nc1ccc(Cl)cn1. The van der Waals surface area contributed by atoms with Crippen molar-refractivity contribution in [2.45, 2.75) is 18.9 Å². The molecule has 6 heteroatoms. The number of hydrogen-bond acceptors (Lipinski definition) is 4. The zero-order valence-corrected chi connectivity index (χ0v) is 10.7. The molecule has 0 saturated carbocycles. The number of nitrogens with one attached hydrogen (secondary N) is 1. The van der Waals surface area contributed by atoms with Gasteiger partial charge in [0.2, 0.25) is 5.91 Å². The molecule has 98 valence electrons. The Balaban J connectivity index is 1.83. The third-order valence-electron chi connectivity index (χ3n) is 2.84. The van der Waals surface area contributed by atoms with Crippen molar-refractivity contribution >= 4 is 23.3 Å². The maximum absolute atomic E-state index is 11.8. The Morgan fingerprint density at radius 2 is 2.44 bits per heavy atom. The molecule has 1 aliphatic heterocycles. The van der Waals surface area contributed by atoms with Crippen LogP contribution < -0.4 is 5.32 Å². The Bertz CT molecular complexity index is 410. The first-order valence-corrected chi connectivity index (χ1v) is 6.33. The maximum atomic E-state index is 11.8. The number of nitrogens with zero attached hydrogens (tertiary/aromatic N) is 2. The van der Waals surface area contributed by atoms with Gasteiger partial charge in [-0.2, -0.15) is 0 Å². The zero-order chi connectivity index (χ0) is 13.0. The number of halogens is 1. The molecule has 0 spiro atoms. The molecule has 0 unspecified atom stereocenters. The highest BCUT2D eigenvalue weighted by Crippen LogP contribution is 2.11. The Hall–Kier alpha value is -1.17. The third kappa shape index (κ3) is 3.94. The van der Waals surface area contributed by atoms with Gasteiger partial charge in [-0.25, -0.2) is 4.98 Å². The molecule has 0 radical (unpaired) electrons. The number of hydrogen-bond donors (Lipinski definition) is 2. The van der Waals surface area contributed by atoms with Crippen LogP contribution in [-0.2, 0) is 4.79 Å². The van der Waals surface area contributed by atoms with Crippen LogP contribution in [0.2, 0.25) is 5.02 Å². The monoisotopic (exact) mass is 269 g/mol. The summed E-state index contributed by atoms with van der Waals surface area (Å²) >= 11 is 5.71. The van der Waals surface area contributed by atoms with Crippen LogP contribution in [0.4, 0.5) is 5.82 Å². The van der Waals surface area contributed by atoms with Crippen molar-refractivity contribution < 1.29 is 9.90 Å². The van der Waals surface area contributed by atoms with Gasteiger partial charge in [0.05, 0.1) is 17.7 Å². The van der Waals surface area contributed by atoms with Gasteiger partial charge in [0, 0.05) is 12.7 Å². The second-order valence-corrected chi connectivity index (χ2v) is 4.88. The number of aromatic nitrogens is 1. The van der Waals surface area contributed by atoms with Gasteiger partial charge >= 0.3 is 0 Å². The molecule has 2 N–H and O–H groups in total. The lowest BCUT2D eigenvalue weighted by Crippen LogP contribution is -2.42. The Morgan fingerprint density at radius 1 is 1.61 bits per heavy atom. The van der Waals surface area contributed by atoms with E-state index in [9.17, 15) is 9.90 Å². The van der Waals surface area contributed by atoms with E-state index < -0.39 is 0 Å². The van der Waals surface area contributed by atoms with E-state index in [0.29, 0.717) is 17.4 Å². The van der Waals surface area contributed by atoms with Gasteiger partial charge < -0.3 is 10.4 Å². The minimum absolute atomic E-state index is 0.126. The van der Waals surface area contributed by atoms with Crippen molar-refractivity contribution in [1.82, 2.24) is 9.88 Å². The molecule has 1 amide bonds. The van der Waals surface area contributed by atoms with Gasteiger partial charge in [-0.1, -0.05) is 11.6 Å². The first-order valence-electron chi connectivity index (χ1n) is 5.95. The predicted octanol–water partition coefficient (Wildman–Crippen LogP) is 1.13. The van der Waals surface area contributed by atoms with Crippen LogP contribution in [0, 0.1) is 0 Å². The zero-order valence-electron chi connectivity index (χ0n) is 9.97. The van der Waals surface area contributed by atoms with Gasteiger partial charge in [0.1, 0.15) is 5.82 Å². The molecule has 1 saturated heterocycles. The van der Waals surface area contributed by atoms with Crippen molar-refractivity contribution in [3.8, 4) is 0 Å². The highest BCUT2D eigenvalue weighted by Gasteiger charge is 2.19. The van der Waals surface area contributed by atoms with Crippen LogP contribution in [0.3, 0.4) is 0 Å². The van der Waals surface area contributed by atoms with E-state index in [1.165, 1.54) is 6.20 Å². The van der Waals surface area contributed by atoms with Crippen LogP contribution >= 0.6 is 11.6 Å². The normalized spacial score (nSPS) is 20.7. The lowest BCUT2D eigenvalue weighted by Gasteiger charge is -2.29. The smallest absolute Gasteiger partial charge is 0.239 e. The summed E-state index contributed by atoms with van der Waals surface area (Å²) in [7, 11) is 0. The van der Waals surface area contributed by atoms with Crippen molar-refractivity contribution in [2.75, 3.05) is 25.0 Å². The quantitative estimate of drug-likeness (QED) is 0.863. The van der Waals surface area contributed by atoms with E-state index in [0.717, 1.165) is 19.4 Å². The summed E-state index contributed by atoms with van der Waals surface area (Å²) < 4.78 is 0. The standard InChI is InChI=1S/C12H16ClN3O2/c13-9-3-4-11(14-6-9)15-12(18)8-16-5-1-2-10(17)7-16/h3-4,6,10,17H,1-2,5,7-8H2,(H,14,15,18)/t10-/m1/s1. The van der Waals surface area contributed by atoms with Gasteiger partial charge in [-0.3, -0.25) is 9.69 Å². The highest BCUT2D eigenvalue weighted by atomic mass is 35.5. The van der Waals surface area contributed by atoms with Gasteiger partial charge in [0.15, 0.2) is 0 Å². The van der Waals surface area contributed by atoms with Crippen LogP contribution in [0.25, 0.3) is 0 Å².